The first kappa shape index (κ1) is 19.7. The first-order valence-electron chi connectivity index (χ1n) is 8.21. The van der Waals surface area contributed by atoms with Crippen molar-refractivity contribution in [3.63, 3.8) is 0 Å². The van der Waals surface area contributed by atoms with Crippen LogP contribution >= 0.6 is 11.6 Å². The van der Waals surface area contributed by atoms with Gasteiger partial charge in [-0.2, -0.15) is 0 Å². The second-order valence-electron chi connectivity index (χ2n) is 5.64. The van der Waals surface area contributed by atoms with Gasteiger partial charge in [-0.3, -0.25) is 9.59 Å². The summed E-state index contributed by atoms with van der Waals surface area (Å²) in [6, 6.07) is 13.0. The molecule has 0 heterocycles. The second kappa shape index (κ2) is 9.73. The molecule has 0 aromatic heterocycles. The fraction of sp³-hybridized carbons (Fsp3) is 0.200. The molecule has 0 saturated heterocycles. The lowest BCUT2D eigenvalue weighted by Gasteiger charge is -2.18. The number of hydrogen-bond donors (Lipinski definition) is 1. The van der Waals surface area contributed by atoms with Crippen molar-refractivity contribution in [1.82, 2.24) is 10.2 Å². The standard InChI is InChI=1S/C20H20ClFN2O2/c1-2-24(20(26)11-8-15-4-3-5-17(21)12-15)14-19(25)23-13-16-6-9-18(22)10-7-16/h3-12H,2,13-14H2,1H3,(H,23,25)/b11-8+. The molecule has 1 N–H and O–H groups in total. The lowest BCUT2D eigenvalue weighted by molar-refractivity contribution is -0.132. The highest BCUT2D eigenvalue weighted by Crippen LogP contribution is 2.12. The molecule has 0 spiro atoms. The first-order chi connectivity index (χ1) is 12.5. The Morgan fingerprint density at radius 3 is 2.58 bits per heavy atom. The maximum Gasteiger partial charge on any atom is 0.247 e. The van der Waals surface area contributed by atoms with Crippen LogP contribution < -0.4 is 5.32 Å². The predicted octanol–water partition coefficient (Wildman–Crippen LogP) is 3.66. The zero-order valence-electron chi connectivity index (χ0n) is 14.4. The maximum atomic E-state index is 12.9. The van der Waals surface area contributed by atoms with Crippen LogP contribution in [0, 0.1) is 5.82 Å². The highest BCUT2D eigenvalue weighted by atomic mass is 35.5. The number of carbonyl (C=O) groups excluding carboxylic acids is 2. The average molecular weight is 375 g/mol. The second-order valence-corrected chi connectivity index (χ2v) is 6.08. The summed E-state index contributed by atoms with van der Waals surface area (Å²) in [6.45, 7) is 2.45. The van der Waals surface area contributed by atoms with Crippen LogP contribution in [0.2, 0.25) is 5.02 Å². The fourth-order valence-electron chi connectivity index (χ4n) is 2.26. The number of nitrogens with zero attached hydrogens (tertiary/aromatic N) is 1. The summed E-state index contributed by atoms with van der Waals surface area (Å²) < 4.78 is 12.9. The maximum absolute atomic E-state index is 12.9. The van der Waals surface area contributed by atoms with Crippen molar-refractivity contribution in [2.75, 3.05) is 13.1 Å². The van der Waals surface area contributed by atoms with Crippen molar-refractivity contribution < 1.29 is 14.0 Å². The van der Waals surface area contributed by atoms with E-state index in [0.29, 0.717) is 11.6 Å². The van der Waals surface area contributed by atoms with Gasteiger partial charge in [-0.05, 0) is 48.4 Å². The van der Waals surface area contributed by atoms with E-state index in [-0.39, 0.29) is 30.7 Å². The molecule has 4 nitrogen and oxygen atoms in total. The van der Waals surface area contributed by atoms with Crippen LogP contribution in [0.25, 0.3) is 6.08 Å². The zero-order chi connectivity index (χ0) is 18.9. The number of halogens is 2. The van der Waals surface area contributed by atoms with Gasteiger partial charge in [0.1, 0.15) is 5.82 Å². The van der Waals surface area contributed by atoms with Crippen molar-refractivity contribution in [3.8, 4) is 0 Å². The summed E-state index contributed by atoms with van der Waals surface area (Å²) in [5, 5.41) is 3.31. The monoisotopic (exact) mass is 374 g/mol. The third-order valence-corrected chi connectivity index (χ3v) is 3.93. The summed E-state index contributed by atoms with van der Waals surface area (Å²) in [6.07, 6.45) is 3.08. The van der Waals surface area contributed by atoms with Crippen LogP contribution in [0.15, 0.2) is 54.6 Å². The molecule has 2 amide bonds. The summed E-state index contributed by atoms with van der Waals surface area (Å²) in [5.41, 5.74) is 1.60. The number of carbonyl (C=O) groups is 2. The van der Waals surface area contributed by atoms with Gasteiger partial charge in [0, 0.05) is 24.2 Å². The molecule has 0 aliphatic heterocycles. The van der Waals surface area contributed by atoms with Crippen molar-refractivity contribution in [1.29, 1.82) is 0 Å². The van der Waals surface area contributed by atoms with Crippen LogP contribution in [0.4, 0.5) is 4.39 Å². The van der Waals surface area contributed by atoms with Gasteiger partial charge < -0.3 is 10.2 Å². The van der Waals surface area contributed by atoms with Crippen molar-refractivity contribution >= 4 is 29.5 Å². The van der Waals surface area contributed by atoms with E-state index >= 15 is 0 Å². The highest BCUT2D eigenvalue weighted by molar-refractivity contribution is 6.30. The Bertz CT molecular complexity index is 791. The molecule has 2 aromatic carbocycles. The van der Waals surface area contributed by atoms with E-state index in [1.54, 1.807) is 43.3 Å². The molecule has 0 unspecified atom stereocenters. The Hall–Kier alpha value is -2.66. The third-order valence-electron chi connectivity index (χ3n) is 3.70. The summed E-state index contributed by atoms with van der Waals surface area (Å²) >= 11 is 5.91. The van der Waals surface area contributed by atoms with Gasteiger partial charge in [-0.15, -0.1) is 0 Å². The van der Waals surface area contributed by atoms with E-state index in [0.717, 1.165) is 11.1 Å². The minimum atomic E-state index is -0.325. The molecular formula is C20H20ClFN2O2. The van der Waals surface area contributed by atoms with Gasteiger partial charge in [0.15, 0.2) is 0 Å². The minimum absolute atomic E-state index is 0.0452. The molecule has 0 saturated carbocycles. The molecule has 0 atom stereocenters. The molecule has 2 rings (SSSR count). The van der Waals surface area contributed by atoms with Crippen molar-refractivity contribution in [2.24, 2.45) is 0 Å². The Balaban J connectivity index is 1.87. The Morgan fingerprint density at radius 2 is 1.92 bits per heavy atom. The van der Waals surface area contributed by atoms with E-state index in [4.69, 9.17) is 11.6 Å². The predicted molar refractivity (Wildman–Crippen MR) is 101 cm³/mol. The molecule has 0 bridgehead atoms. The molecule has 136 valence electrons. The Kier molecular flexibility index (Phi) is 7.36. The molecule has 0 aliphatic rings. The molecule has 0 fully saturated rings. The zero-order valence-corrected chi connectivity index (χ0v) is 15.2. The molecule has 0 radical (unpaired) electrons. The number of amides is 2. The first-order valence-corrected chi connectivity index (χ1v) is 8.59. The normalized spacial score (nSPS) is 10.7. The number of likely N-dealkylation sites (N-methyl/N-ethyl adjacent to an activating group) is 1. The van der Waals surface area contributed by atoms with E-state index < -0.39 is 0 Å². The van der Waals surface area contributed by atoms with E-state index in [9.17, 15) is 14.0 Å². The van der Waals surface area contributed by atoms with Gasteiger partial charge in [-0.1, -0.05) is 35.9 Å². The lowest BCUT2D eigenvalue weighted by atomic mass is 10.2. The van der Waals surface area contributed by atoms with Crippen LogP contribution in [-0.2, 0) is 16.1 Å². The van der Waals surface area contributed by atoms with Crippen LogP contribution in [0.1, 0.15) is 18.1 Å². The summed E-state index contributed by atoms with van der Waals surface area (Å²) in [7, 11) is 0. The van der Waals surface area contributed by atoms with E-state index in [1.165, 1.54) is 23.1 Å². The Morgan fingerprint density at radius 1 is 1.19 bits per heavy atom. The molecule has 6 heteroatoms. The van der Waals surface area contributed by atoms with Gasteiger partial charge >= 0.3 is 0 Å². The van der Waals surface area contributed by atoms with Gasteiger partial charge in [0.05, 0.1) is 6.54 Å². The molecule has 0 aliphatic carbocycles. The Labute approximate surface area is 157 Å². The fourth-order valence-corrected chi connectivity index (χ4v) is 2.46. The molecule has 26 heavy (non-hydrogen) atoms. The highest BCUT2D eigenvalue weighted by Gasteiger charge is 2.13. The summed E-state index contributed by atoms with van der Waals surface area (Å²) in [5.74, 6) is -0.862. The number of benzene rings is 2. The minimum Gasteiger partial charge on any atom is -0.350 e. The number of nitrogens with one attached hydrogen (secondary N) is 1. The van der Waals surface area contributed by atoms with E-state index in [2.05, 4.69) is 5.32 Å². The van der Waals surface area contributed by atoms with Crippen LogP contribution in [0.5, 0.6) is 0 Å². The van der Waals surface area contributed by atoms with Gasteiger partial charge in [-0.25, -0.2) is 4.39 Å². The average Bonchev–Trinajstić information content (AvgIpc) is 2.63. The number of hydrogen-bond acceptors (Lipinski definition) is 2. The lowest BCUT2D eigenvalue weighted by Crippen LogP contribution is -2.39. The largest absolute Gasteiger partial charge is 0.350 e. The smallest absolute Gasteiger partial charge is 0.247 e. The molecule has 2 aromatic rings. The van der Waals surface area contributed by atoms with Gasteiger partial charge in [0.2, 0.25) is 11.8 Å². The quantitative estimate of drug-likeness (QED) is 0.752. The van der Waals surface area contributed by atoms with Gasteiger partial charge in [0.25, 0.3) is 0 Å². The summed E-state index contributed by atoms with van der Waals surface area (Å²) in [4.78, 5) is 25.8. The molecular weight excluding hydrogens is 355 g/mol. The van der Waals surface area contributed by atoms with E-state index in [1.807, 2.05) is 6.07 Å². The topological polar surface area (TPSA) is 49.4 Å². The van der Waals surface area contributed by atoms with Crippen LogP contribution in [-0.4, -0.2) is 29.8 Å². The van der Waals surface area contributed by atoms with Crippen molar-refractivity contribution in [3.05, 3.63) is 76.6 Å². The third kappa shape index (κ3) is 6.33. The number of rotatable bonds is 7. The SMILES string of the molecule is CCN(CC(=O)NCc1ccc(F)cc1)C(=O)/C=C/c1cccc(Cl)c1. The van der Waals surface area contributed by atoms with Crippen molar-refractivity contribution in [2.45, 2.75) is 13.5 Å². The van der Waals surface area contributed by atoms with Crippen LogP contribution in [0.3, 0.4) is 0 Å².